The molecule has 2 aliphatic heterocycles. The maximum Gasteiger partial charge on any atom is 0.186 e. The summed E-state index contributed by atoms with van der Waals surface area (Å²) in [6.45, 7) is 7.46. The monoisotopic (exact) mass is 280 g/mol. The van der Waals surface area contributed by atoms with Gasteiger partial charge >= 0.3 is 0 Å². The number of hydrogen-bond donors (Lipinski definition) is 0. The Morgan fingerprint density at radius 3 is 2.74 bits per heavy atom. The second-order valence-corrected chi connectivity index (χ2v) is 6.73. The van der Waals surface area contributed by atoms with Gasteiger partial charge in [-0.15, -0.1) is 0 Å². The van der Waals surface area contributed by atoms with Gasteiger partial charge in [-0.05, 0) is 31.6 Å². The summed E-state index contributed by atoms with van der Waals surface area (Å²) in [6.07, 6.45) is 3.55. The van der Waals surface area contributed by atoms with Crippen LogP contribution in [0.1, 0.15) is 41.6 Å². The Bertz CT molecular complexity index is 492. The first-order chi connectivity index (χ1) is 9.10. The summed E-state index contributed by atoms with van der Waals surface area (Å²) in [5.41, 5.74) is 1.30. The largest absolute Gasteiger partial charge is 0.381 e. The van der Waals surface area contributed by atoms with Crippen LogP contribution in [-0.4, -0.2) is 37.1 Å². The van der Waals surface area contributed by atoms with Crippen molar-refractivity contribution < 1.29 is 9.53 Å². The fourth-order valence-corrected chi connectivity index (χ4v) is 4.14. The summed E-state index contributed by atoms with van der Waals surface area (Å²) < 4.78 is 5.48. The van der Waals surface area contributed by atoms with Crippen molar-refractivity contribution in [1.82, 2.24) is 4.98 Å². The van der Waals surface area contributed by atoms with Gasteiger partial charge in [0.25, 0.3) is 0 Å². The fraction of sp³-hybridized carbons (Fsp3) is 0.714. The number of carbonyl (C=O) groups is 1. The first-order valence-corrected chi connectivity index (χ1v) is 7.72. The SMILES string of the molecule is CC(=O)c1sc(N2CCC3(CCOCC3)C2)nc1C. The molecule has 0 aliphatic carbocycles. The second kappa shape index (κ2) is 4.87. The van der Waals surface area contributed by atoms with Gasteiger partial charge in [0.2, 0.25) is 0 Å². The van der Waals surface area contributed by atoms with Crippen molar-refractivity contribution in [1.29, 1.82) is 0 Å². The van der Waals surface area contributed by atoms with Crippen LogP contribution < -0.4 is 4.90 Å². The zero-order valence-corrected chi connectivity index (χ0v) is 12.4. The van der Waals surface area contributed by atoms with Crippen LogP contribution in [0.4, 0.5) is 5.13 Å². The fourth-order valence-electron chi connectivity index (χ4n) is 3.15. The van der Waals surface area contributed by atoms with E-state index in [1.807, 2.05) is 6.92 Å². The molecule has 2 fully saturated rings. The molecular formula is C14H20N2O2S. The summed E-state index contributed by atoms with van der Waals surface area (Å²) >= 11 is 1.55. The van der Waals surface area contributed by atoms with E-state index in [-0.39, 0.29) is 5.78 Å². The van der Waals surface area contributed by atoms with Gasteiger partial charge in [0.1, 0.15) is 0 Å². The summed E-state index contributed by atoms with van der Waals surface area (Å²) in [6, 6.07) is 0. The Balaban J connectivity index is 1.77. The first kappa shape index (κ1) is 13.1. The van der Waals surface area contributed by atoms with E-state index in [0.29, 0.717) is 5.41 Å². The van der Waals surface area contributed by atoms with Gasteiger partial charge in [-0.3, -0.25) is 4.79 Å². The lowest BCUT2D eigenvalue weighted by Gasteiger charge is -2.33. The van der Waals surface area contributed by atoms with Crippen molar-refractivity contribution in [3.05, 3.63) is 10.6 Å². The van der Waals surface area contributed by atoms with Crippen LogP contribution in [0.3, 0.4) is 0 Å². The van der Waals surface area contributed by atoms with Crippen LogP contribution in [-0.2, 0) is 4.74 Å². The molecular weight excluding hydrogens is 260 g/mol. The minimum absolute atomic E-state index is 0.126. The average Bonchev–Trinajstić information content (AvgIpc) is 2.95. The quantitative estimate of drug-likeness (QED) is 0.781. The highest BCUT2D eigenvalue weighted by Gasteiger charge is 2.40. The molecule has 0 N–H and O–H groups in total. The standard InChI is InChI=1S/C14H20N2O2S/c1-10-12(11(2)17)19-13(15-10)16-6-3-14(9-16)4-7-18-8-5-14/h3-9H2,1-2H3. The Hall–Kier alpha value is -0.940. The molecule has 1 aromatic heterocycles. The molecule has 3 heterocycles. The van der Waals surface area contributed by atoms with E-state index in [4.69, 9.17) is 4.74 Å². The molecule has 3 rings (SSSR count). The molecule has 4 nitrogen and oxygen atoms in total. The van der Waals surface area contributed by atoms with Crippen molar-refractivity contribution in [3.63, 3.8) is 0 Å². The molecule has 19 heavy (non-hydrogen) atoms. The number of aromatic nitrogens is 1. The van der Waals surface area contributed by atoms with Crippen molar-refractivity contribution in [2.45, 2.75) is 33.1 Å². The Kier molecular flexibility index (Phi) is 3.35. The van der Waals surface area contributed by atoms with E-state index in [1.165, 1.54) is 6.42 Å². The van der Waals surface area contributed by atoms with Gasteiger partial charge in [0.05, 0.1) is 10.6 Å². The number of ether oxygens (including phenoxy) is 1. The molecule has 2 saturated heterocycles. The molecule has 0 aromatic carbocycles. The lowest BCUT2D eigenvalue weighted by atomic mass is 9.80. The van der Waals surface area contributed by atoms with Gasteiger partial charge in [-0.1, -0.05) is 11.3 Å². The highest BCUT2D eigenvalue weighted by molar-refractivity contribution is 7.17. The summed E-state index contributed by atoms with van der Waals surface area (Å²) in [5.74, 6) is 0.126. The van der Waals surface area contributed by atoms with E-state index in [9.17, 15) is 4.79 Å². The second-order valence-electron chi connectivity index (χ2n) is 5.75. The van der Waals surface area contributed by atoms with Crippen LogP contribution in [0.15, 0.2) is 0 Å². The Labute approximate surface area is 117 Å². The summed E-state index contributed by atoms with van der Waals surface area (Å²) in [5, 5.41) is 1.02. The van der Waals surface area contributed by atoms with E-state index in [0.717, 1.165) is 54.8 Å². The molecule has 0 amide bonds. The van der Waals surface area contributed by atoms with Crippen molar-refractivity contribution >= 4 is 22.3 Å². The Morgan fingerprint density at radius 2 is 2.11 bits per heavy atom. The number of anilines is 1. The van der Waals surface area contributed by atoms with Gasteiger partial charge in [-0.2, -0.15) is 0 Å². The van der Waals surface area contributed by atoms with Crippen molar-refractivity contribution in [3.8, 4) is 0 Å². The lowest BCUT2D eigenvalue weighted by Crippen LogP contribution is -2.33. The molecule has 1 aromatic rings. The summed E-state index contributed by atoms with van der Waals surface area (Å²) in [7, 11) is 0. The highest BCUT2D eigenvalue weighted by atomic mass is 32.1. The zero-order chi connectivity index (χ0) is 13.5. The van der Waals surface area contributed by atoms with Crippen molar-refractivity contribution in [2.24, 2.45) is 5.41 Å². The topological polar surface area (TPSA) is 42.4 Å². The number of rotatable bonds is 2. The van der Waals surface area contributed by atoms with Crippen molar-refractivity contribution in [2.75, 3.05) is 31.2 Å². The average molecular weight is 280 g/mol. The smallest absolute Gasteiger partial charge is 0.186 e. The summed E-state index contributed by atoms with van der Waals surface area (Å²) in [4.78, 5) is 19.3. The first-order valence-electron chi connectivity index (χ1n) is 6.91. The lowest BCUT2D eigenvalue weighted by molar-refractivity contribution is 0.0254. The minimum atomic E-state index is 0.126. The number of carbonyl (C=O) groups excluding carboxylic acids is 1. The molecule has 0 saturated carbocycles. The number of aryl methyl sites for hydroxylation is 1. The predicted molar refractivity (Wildman–Crippen MR) is 76.2 cm³/mol. The number of Topliss-reactive ketones (excluding diaryl/α,β-unsaturated/α-hetero) is 1. The van der Waals surface area contributed by atoms with Crippen LogP contribution in [0.25, 0.3) is 0 Å². The number of hydrogen-bond acceptors (Lipinski definition) is 5. The van der Waals surface area contributed by atoms with Gasteiger partial charge in [0.15, 0.2) is 10.9 Å². The minimum Gasteiger partial charge on any atom is -0.381 e. The molecule has 0 bridgehead atoms. The molecule has 2 aliphatic rings. The molecule has 5 heteroatoms. The number of thiazole rings is 1. The third-order valence-corrected chi connectivity index (χ3v) is 5.69. The normalized spacial score (nSPS) is 22.1. The zero-order valence-electron chi connectivity index (χ0n) is 11.6. The number of nitrogens with zero attached hydrogens (tertiary/aromatic N) is 2. The third-order valence-electron chi connectivity index (χ3n) is 4.37. The van der Waals surface area contributed by atoms with E-state index in [2.05, 4.69) is 9.88 Å². The van der Waals surface area contributed by atoms with Gasteiger partial charge in [-0.25, -0.2) is 4.98 Å². The van der Waals surface area contributed by atoms with E-state index in [1.54, 1.807) is 18.3 Å². The maximum absolute atomic E-state index is 11.5. The van der Waals surface area contributed by atoms with Crippen LogP contribution in [0, 0.1) is 12.3 Å². The molecule has 0 unspecified atom stereocenters. The highest BCUT2D eigenvalue weighted by Crippen LogP contribution is 2.42. The van der Waals surface area contributed by atoms with Gasteiger partial charge in [0, 0.05) is 33.2 Å². The molecule has 0 radical (unpaired) electrons. The maximum atomic E-state index is 11.5. The molecule has 0 atom stereocenters. The van der Waals surface area contributed by atoms with Gasteiger partial charge < -0.3 is 9.64 Å². The van der Waals surface area contributed by atoms with Crippen LogP contribution in [0.5, 0.6) is 0 Å². The van der Waals surface area contributed by atoms with Crippen LogP contribution >= 0.6 is 11.3 Å². The van der Waals surface area contributed by atoms with E-state index < -0.39 is 0 Å². The Morgan fingerprint density at radius 1 is 1.37 bits per heavy atom. The van der Waals surface area contributed by atoms with Crippen LogP contribution in [0.2, 0.25) is 0 Å². The third kappa shape index (κ3) is 2.41. The molecule has 1 spiro atoms. The predicted octanol–water partition coefficient (Wildman–Crippen LogP) is 2.66. The molecule has 104 valence electrons. The van der Waals surface area contributed by atoms with E-state index >= 15 is 0 Å². The number of ketones is 1.